The molecule has 1 aromatic carbocycles. The number of hydrogen-bond donors (Lipinski definition) is 3. The average molecular weight is 318 g/mol. The second kappa shape index (κ2) is 8.14. The van der Waals surface area contributed by atoms with Crippen LogP contribution >= 0.6 is 11.3 Å². The first-order valence-electron chi connectivity index (χ1n) is 6.95. The molecule has 0 aliphatic carbocycles. The number of anilines is 1. The van der Waals surface area contributed by atoms with Crippen molar-refractivity contribution in [2.75, 3.05) is 18.8 Å². The van der Waals surface area contributed by atoms with E-state index in [1.807, 2.05) is 11.4 Å². The highest BCUT2D eigenvalue weighted by Gasteiger charge is 2.07. The number of thiazole rings is 1. The van der Waals surface area contributed by atoms with Crippen molar-refractivity contribution in [2.45, 2.75) is 12.8 Å². The summed E-state index contributed by atoms with van der Waals surface area (Å²) in [6, 6.07) is 8.79. The van der Waals surface area contributed by atoms with Crippen molar-refractivity contribution in [3.8, 4) is 0 Å². The molecule has 0 radical (unpaired) electrons. The Morgan fingerprint density at radius 3 is 2.64 bits per heavy atom. The fraction of sp³-hybridized carbons (Fsp3) is 0.267. The van der Waals surface area contributed by atoms with Crippen LogP contribution in [0.2, 0.25) is 0 Å². The van der Waals surface area contributed by atoms with Crippen LogP contribution < -0.4 is 16.4 Å². The van der Waals surface area contributed by atoms with E-state index in [9.17, 15) is 9.59 Å². The number of carbonyl (C=O) groups excluding carboxylic acids is 2. The maximum atomic E-state index is 11.8. The number of aryl methyl sites for hydroxylation is 1. The number of hydrogen-bond acceptors (Lipinski definition) is 5. The van der Waals surface area contributed by atoms with Gasteiger partial charge in [0.15, 0.2) is 5.13 Å². The van der Waals surface area contributed by atoms with Crippen molar-refractivity contribution in [3.63, 3.8) is 0 Å². The van der Waals surface area contributed by atoms with Gasteiger partial charge in [-0.15, -0.1) is 11.3 Å². The summed E-state index contributed by atoms with van der Waals surface area (Å²) in [6.07, 6.45) is 1.55. The Morgan fingerprint density at radius 1 is 1.18 bits per heavy atom. The lowest BCUT2D eigenvalue weighted by Gasteiger charge is -2.06. The third-order valence-electron chi connectivity index (χ3n) is 2.95. The molecule has 6 nitrogen and oxygen atoms in total. The second-order valence-corrected chi connectivity index (χ2v) is 5.57. The van der Waals surface area contributed by atoms with Crippen LogP contribution in [-0.2, 0) is 11.2 Å². The number of nitrogens with one attached hydrogen (secondary N) is 2. The number of nitrogens with zero attached hydrogens (tertiary/aromatic N) is 1. The van der Waals surface area contributed by atoms with Gasteiger partial charge >= 0.3 is 0 Å². The summed E-state index contributed by atoms with van der Waals surface area (Å²) in [5, 5.41) is 7.81. The largest absolute Gasteiger partial charge is 0.375 e. The summed E-state index contributed by atoms with van der Waals surface area (Å²) < 4.78 is 0. The number of nitrogens with two attached hydrogens (primary N) is 1. The molecule has 0 fully saturated rings. The van der Waals surface area contributed by atoms with Crippen LogP contribution in [0.5, 0.6) is 0 Å². The van der Waals surface area contributed by atoms with Crippen LogP contribution in [0, 0.1) is 0 Å². The first kappa shape index (κ1) is 16.0. The van der Waals surface area contributed by atoms with Crippen LogP contribution in [-0.4, -0.2) is 29.9 Å². The third kappa shape index (κ3) is 5.17. The molecule has 0 bridgehead atoms. The standard InChI is InChI=1S/C15H18N4O2S/c16-15-19-12(10-22-15)7-4-8-17-13(20)9-18-14(21)11-5-2-1-3-6-11/h1-3,5-6,10H,4,7-9H2,(H2,16,19)(H,17,20)(H,18,21). The fourth-order valence-corrected chi connectivity index (χ4v) is 2.45. The fourth-order valence-electron chi connectivity index (χ4n) is 1.85. The molecule has 0 atom stereocenters. The molecule has 116 valence electrons. The Kier molecular flexibility index (Phi) is 5.91. The molecule has 0 aliphatic rings. The molecule has 0 saturated heterocycles. The highest BCUT2D eigenvalue weighted by atomic mass is 32.1. The SMILES string of the molecule is Nc1nc(CCCNC(=O)CNC(=O)c2ccccc2)cs1. The maximum Gasteiger partial charge on any atom is 0.251 e. The van der Waals surface area contributed by atoms with Crippen molar-refractivity contribution >= 4 is 28.3 Å². The van der Waals surface area contributed by atoms with Gasteiger partial charge in [-0.2, -0.15) is 0 Å². The van der Waals surface area contributed by atoms with Gasteiger partial charge in [-0.1, -0.05) is 18.2 Å². The van der Waals surface area contributed by atoms with Crippen LogP contribution in [0.4, 0.5) is 5.13 Å². The Bertz CT molecular complexity index is 627. The van der Waals surface area contributed by atoms with Gasteiger partial charge in [0.05, 0.1) is 12.2 Å². The normalized spacial score (nSPS) is 10.2. The highest BCUT2D eigenvalue weighted by Crippen LogP contribution is 2.11. The molecule has 7 heteroatoms. The molecule has 0 spiro atoms. The molecule has 2 amide bonds. The minimum atomic E-state index is -0.256. The monoisotopic (exact) mass is 318 g/mol. The van der Waals surface area contributed by atoms with E-state index < -0.39 is 0 Å². The van der Waals surface area contributed by atoms with Gasteiger partial charge in [0.2, 0.25) is 5.91 Å². The summed E-state index contributed by atoms with van der Waals surface area (Å²) in [5.41, 5.74) is 7.02. The lowest BCUT2D eigenvalue weighted by molar-refractivity contribution is -0.120. The predicted octanol–water partition coefficient (Wildman–Crippen LogP) is 1.20. The summed E-state index contributed by atoms with van der Waals surface area (Å²) in [6.45, 7) is 0.509. The van der Waals surface area contributed by atoms with E-state index in [0.29, 0.717) is 17.2 Å². The minimum Gasteiger partial charge on any atom is -0.375 e. The summed E-state index contributed by atoms with van der Waals surface area (Å²) >= 11 is 1.41. The van der Waals surface area contributed by atoms with Gasteiger partial charge in [0.1, 0.15) is 0 Å². The molecule has 2 rings (SSSR count). The minimum absolute atomic E-state index is 0.0304. The second-order valence-electron chi connectivity index (χ2n) is 4.68. The Hall–Kier alpha value is -2.41. The number of benzene rings is 1. The lowest BCUT2D eigenvalue weighted by atomic mass is 10.2. The molecule has 0 saturated carbocycles. The zero-order chi connectivity index (χ0) is 15.8. The Labute approximate surface area is 132 Å². The molecule has 22 heavy (non-hydrogen) atoms. The van der Waals surface area contributed by atoms with Gasteiger partial charge < -0.3 is 16.4 Å². The molecule has 0 unspecified atom stereocenters. The van der Waals surface area contributed by atoms with E-state index >= 15 is 0 Å². The summed E-state index contributed by atoms with van der Waals surface area (Å²) in [4.78, 5) is 27.5. The number of rotatable bonds is 7. The van der Waals surface area contributed by atoms with Crippen molar-refractivity contribution < 1.29 is 9.59 Å². The van der Waals surface area contributed by atoms with Crippen LogP contribution in [0.15, 0.2) is 35.7 Å². The molecular weight excluding hydrogens is 300 g/mol. The highest BCUT2D eigenvalue weighted by molar-refractivity contribution is 7.13. The van der Waals surface area contributed by atoms with Crippen molar-refractivity contribution in [2.24, 2.45) is 0 Å². The predicted molar refractivity (Wildman–Crippen MR) is 86.6 cm³/mol. The number of aromatic nitrogens is 1. The number of amides is 2. The lowest BCUT2D eigenvalue weighted by Crippen LogP contribution is -2.37. The van der Waals surface area contributed by atoms with Crippen LogP contribution in [0.1, 0.15) is 22.5 Å². The first-order valence-corrected chi connectivity index (χ1v) is 7.83. The van der Waals surface area contributed by atoms with Gasteiger partial charge in [0, 0.05) is 17.5 Å². The summed E-state index contributed by atoms with van der Waals surface area (Å²) in [7, 11) is 0. The van der Waals surface area contributed by atoms with Crippen molar-refractivity contribution in [1.82, 2.24) is 15.6 Å². The topological polar surface area (TPSA) is 97.1 Å². The average Bonchev–Trinajstić information content (AvgIpc) is 2.95. The smallest absolute Gasteiger partial charge is 0.251 e. The van der Waals surface area contributed by atoms with Gasteiger partial charge in [-0.3, -0.25) is 9.59 Å². The number of nitrogen functional groups attached to an aromatic ring is 1. The van der Waals surface area contributed by atoms with Crippen molar-refractivity contribution in [1.29, 1.82) is 0 Å². The van der Waals surface area contributed by atoms with E-state index in [4.69, 9.17) is 5.73 Å². The zero-order valence-electron chi connectivity index (χ0n) is 12.0. The van der Waals surface area contributed by atoms with E-state index in [-0.39, 0.29) is 18.4 Å². The first-order chi connectivity index (χ1) is 10.6. The number of carbonyl (C=O) groups is 2. The third-order valence-corrected chi connectivity index (χ3v) is 3.67. The molecule has 1 aromatic heterocycles. The van der Waals surface area contributed by atoms with Crippen LogP contribution in [0.25, 0.3) is 0 Å². The summed E-state index contributed by atoms with van der Waals surface area (Å²) in [5.74, 6) is -0.462. The van der Waals surface area contributed by atoms with Crippen molar-refractivity contribution in [3.05, 3.63) is 47.0 Å². The molecular formula is C15H18N4O2S. The van der Waals surface area contributed by atoms with E-state index in [0.717, 1.165) is 18.5 Å². The molecule has 0 aliphatic heterocycles. The van der Waals surface area contributed by atoms with Gasteiger partial charge in [-0.05, 0) is 25.0 Å². The molecule has 1 heterocycles. The molecule has 4 N–H and O–H groups in total. The van der Waals surface area contributed by atoms with Gasteiger partial charge in [-0.25, -0.2) is 4.98 Å². The quantitative estimate of drug-likeness (QED) is 0.668. The Balaban J connectivity index is 1.61. The van der Waals surface area contributed by atoms with E-state index in [1.54, 1.807) is 24.3 Å². The Morgan fingerprint density at radius 2 is 1.95 bits per heavy atom. The van der Waals surface area contributed by atoms with Gasteiger partial charge in [0.25, 0.3) is 5.91 Å². The molecule has 2 aromatic rings. The van der Waals surface area contributed by atoms with E-state index in [2.05, 4.69) is 15.6 Å². The zero-order valence-corrected chi connectivity index (χ0v) is 12.9. The maximum absolute atomic E-state index is 11.8. The van der Waals surface area contributed by atoms with E-state index in [1.165, 1.54) is 11.3 Å². The van der Waals surface area contributed by atoms with Crippen LogP contribution in [0.3, 0.4) is 0 Å².